The molecule has 0 amide bonds. The largest absolute Gasteiger partial charge is 0.481 e. The van der Waals surface area contributed by atoms with Crippen molar-refractivity contribution in [2.75, 3.05) is 26.2 Å². The molecule has 3 N–H and O–H groups in total. The summed E-state index contributed by atoms with van der Waals surface area (Å²) >= 11 is 0. The fraction of sp³-hybridized carbons (Fsp3) is 0.783. The average molecular weight is 429 g/mol. The summed E-state index contributed by atoms with van der Waals surface area (Å²) in [5, 5.41) is 27.9. The third kappa shape index (κ3) is 12.0. The molecule has 0 heterocycles. The van der Waals surface area contributed by atoms with Gasteiger partial charge in [-0.15, -0.1) is 0 Å². The maximum atomic E-state index is 11.3. The second-order valence-electron chi connectivity index (χ2n) is 8.70. The maximum Gasteiger partial charge on any atom is 0.306 e. The van der Waals surface area contributed by atoms with Crippen LogP contribution in [0.4, 0.5) is 0 Å². The third-order valence-electron chi connectivity index (χ3n) is 6.03. The predicted octanol–water partition coefficient (Wildman–Crippen LogP) is 4.27. The highest BCUT2D eigenvalue weighted by atomic mass is 16.4. The molecule has 0 fully saturated rings. The van der Waals surface area contributed by atoms with Gasteiger partial charge < -0.3 is 19.8 Å². The molecule has 0 saturated carbocycles. The van der Waals surface area contributed by atoms with E-state index in [4.69, 9.17) is 0 Å². The fourth-order valence-electron chi connectivity index (χ4n) is 3.44. The van der Waals surface area contributed by atoms with Gasteiger partial charge in [0.15, 0.2) is 0 Å². The van der Waals surface area contributed by atoms with E-state index in [1.807, 2.05) is 0 Å². The molecule has 0 aromatic carbocycles. The van der Waals surface area contributed by atoms with Crippen molar-refractivity contribution in [3.8, 4) is 0 Å². The second kappa shape index (κ2) is 15.0. The first-order valence-electron chi connectivity index (χ1n) is 11.2. The molecule has 7 heteroatoms. The molecule has 0 spiro atoms. The molecule has 0 aliphatic heterocycles. The zero-order valence-electron chi connectivity index (χ0n) is 19.2. The van der Waals surface area contributed by atoms with Gasteiger partial charge in [0.1, 0.15) is 0 Å². The quantitative estimate of drug-likeness (QED) is 0.171. The minimum Gasteiger partial charge on any atom is -0.481 e. The van der Waals surface area contributed by atoms with Gasteiger partial charge in [0.05, 0.1) is 43.9 Å². The lowest BCUT2D eigenvalue weighted by atomic mass is 10.0. The number of hydrogen-bond acceptors (Lipinski definition) is 3. The van der Waals surface area contributed by atoms with Crippen LogP contribution in [-0.2, 0) is 14.4 Å². The molecule has 0 aromatic heterocycles. The number of carboxylic acid groups (broad SMARTS) is 3. The summed E-state index contributed by atoms with van der Waals surface area (Å²) < 4.78 is 0.588. The minimum absolute atomic E-state index is 0.483. The molecule has 174 valence electrons. The van der Waals surface area contributed by atoms with Crippen molar-refractivity contribution >= 4 is 17.9 Å². The van der Waals surface area contributed by atoms with Crippen LogP contribution in [0.2, 0.25) is 0 Å². The van der Waals surface area contributed by atoms with E-state index in [-0.39, 0.29) is 0 Å². The minimum atomic E-state index is -0.837. The molecule has 3 atom stereocenters. The van der Waals surface area contributed by atoms with Crippen LogP contribution in [-0.4, -0.2) is 63.9 Å². The van der Waals surface area contributed by atoms with Crippen molar-refractivity contribution in [2.24, 2.45) is 17.8 Å². The third-order valence-corrected chi connectivity index (χ3v) is 6.03. The number of unbranched alkanes of at least 4 members (excludes halogenated alkanes) is 2. The lowest BCUT2D eigenvalue weighted by Gasteiger charge is -2.40. The van der Waals surface area contributed by atoms with Crippen LogP contribution in [0.1, 0.15) is 72.6 Å². The lowest BCUT2D eigenvalue weighted by molar-refractivity contribution is -0.929. The SMILES string of the molecule is CC/C=C/CCCC[N+](CCC(C)C(=O)O)(CCC(C)C(=O)O)CCC(C)C(=O)O. The van der Waals surface area contributed by atoms with E-state index in [0.29, 0.717) is 43.4 Å². The number of rotatable bonds is 18. The van der Waals surface area contributed by atoms with E-state index in [1.54, 1.807) is 20.8 Å². The Kier molecular flexibility index (Phi) is 14.0. The Hall–Kier alpha value is -1.89. The molecule has 0 rings (SSSR count). The van der Waals surface area contributed by atoms with E-state index in [0.717, 1.165) is 32.2 Å². The first-order valence-corrected chi connectivity index (χ1v) is 11.2. The number of aliphatic carboxylic acids is 3. The molecule has 0 saturated heterocycles. The smallest absolute Gasteiger partial charge is 0.306 e. The van der Waals surface area contributed by atoms with Crippen LogP contribution < -0.4 is 0 Å². The summed E-state index contributed by atoms with van der Waals surface area (Å²) in [7, 11) is 0. The number of carbonyl (C=O) groups is 3. The van der Waals surface area contributed by atoms with Crippen LogP contribution >= 0.6 is 0 Å². The molecule has 30 heavy (non-hydrogen) atoms. The highest BCUT2D eigenvalue weighted by Gasteiger charge is 2.31. The highest BCUT2D eigenvalue weighted by Crippen LogP contribution is 2.21. The highest BCUT2D eigenvalue weighted by molar-refractivity contribution is 5.70. The zero-order valence-corrected chi connectivity index (χ0v) is 19.2. The van der Waals surface area contributed by atoms with Gasteiger partial charge in [-0.2, -0.15) is 0 Å². The van der Waals surface area contributed by atoms with E-state index in [9.17, 15) is 29.7 Å². The van der Waals surface area contributed by atoms with Gasteiger partial charge in [0, 0.05) is 19.3 Å². The Morgan fingerprint density at radius 1 is 0.700 bits per heavy atom. The van der Waals surface area contributed by atoms with Crippen LogP contribution in [0, 0.1) is 17.8 Å². The molecular weight excluding hydrogens is 386 g/mol. The molecule has 3 unspecified atom stereocenters. The molecule has 0 aliphatic rings. The number of allylic oxidation sites excluding steroid dienone is 2. The van der Waals surface area contributed by atoms with Crippen molar-refractivity contribution in [1.82, 2.24) is 0 Å². The number of quaternary nitrogens is 1. The van der Waals surface area contributed by atoms with Crippen LogP contribution in [0.25, 0.3) is 0 Å². The molecule has 0 aromatic rings. The van der Waals surface area contributed by atoms with Gasteiger partial charge in [-0.05, 0) is 25.7 Å². The van der Waals surface area contributed by atoms with Gasteiger partial charge in [0.25, 0.3) is 0 Å². The van der Waals surface area contributed by atoms with E-state index >= 15 is 0 Å². The summed E-state index contributed by atoms with van der Waals surface area (Å²) in [5.41, 5.74) is 0. The molecular formula is C23H42NO6+. The summed E-state index contributed by atoms with van der Waals surface area (Å²) in [4.78, 5) is 34.0. The average Bonchev–Trinajstić information content (AvgIpc) is 2.69. The normalized spacial score (nSPS) is 16.7. The predicted molar refractivity (Wildman–Crippen MR) is 117 cm³/mol. The van der Waals surface area contributed by atoms with Gasteiger partial charge in [-0.1, -0.05) is 39.8 Å². The van der Waals surface area contributed by atoms with Gasteiger partial charge in [-0.25, -0.2) is 0 Å². The Morgan fingerprint density at radius 3 is 1.43 bits per heavy atom. The van der Waals surface area contributed by atoms with Crippen molar-refractivity contribution in [1.29, 1.82) is 0 Å². The zero-order chi connectivity index (χ0) is 23.2. The molecule has 7 nitrogen and oxygen atoms in total. The van der Waals surface area contributed by atoms with Gasteiger partial charge in [-0.3, -0.25) is 14.4 Å². The first-order chi connectivity index (χ1) is 14.0. The summed E-state index contributed by atoms with van der Waals surface area (Å²) in [5.74, 6) is -3.96. The number of nitrogens with zero attached hydrogens (tertiary/aromatic N) is 1. The van der Waals surface area contributed by atoms with Crippen molar-refractivity contribution in [3.05, 3.63) is 12.2 Å². The fourth-order valence-corrected chi connectivity index (χ4v) is 3.44. The Labute approximate surface area is 181 Å². The maximum absolute atomic E-state index is 11.3. The van der Waals surface area contributed by atoms with E-state index in [1.165, 1.54) is 0 Å². The molecule has 0 bridgehead atoms. The molecule has 0 aliphatic carbocycles. The number of hydrogen-bond donors (Lipinski definition) is 3. The summed E-state index contributed by atoms with van der Waals surface area (Å²) in [6, 6.07) is 0. The summed E-state index contributed by atoms with van der Waals surface area (Å²) in [6.07, 6.45) is 9.73. The van der Waals surface area contributed by atoms with Crippen molar-refractivity contribution in [3.63, 3.8) is 0 Å². The Morgan fingerprint density at radius 2 is 1.10 bits per heavy atom. The van der Waals surface area contributed by atoms with E-state index < -0.39 is 35.7 Å². The topological polar surface area (TPSA) is 112 Å². The summed E-state index contributed by atoms with van der Waals surface area (Å²) in [6.45, 7) is 9.83. The van der Waals surface area contributed by atoms with Crippen LogP contribution in [0.3, 0.4) is 0 Å². The van der Waals surface area contributed by atoms with Gasteiger partial charge >= 0.3 is 17.9 Å². The Bertz CT molecular complexity index is 500. The number of carboxylic acids is 3. The molecule has 0 radical (unpaired) electrons. The van der Waals surface area contributed by atoms with E-state index in [2.05, 4.69) is 19.1 Å². The standard InChI is InChI=1S/C23H41NO6/c1-5-6-7-8-9-10-14-24(15-11-18(2)21(25)26,16-12-19(3)22(27)28)17-13-20(4)23(29)30/h6-7,18-20H,5,8-17H2,1-4H3,(H2-,25,26,27,28,29,30)/p+1/b7-6+. The lowest BCUT2D eigenvalue weighted by Crippen LogP contribution is -2.52. The van der Waals surface area contributed by atoms with Crippen molar-refractivity contribution in [2.45, 2.75) is 72.6 Å². The monoisotopic (exact) mass is 428 g/mol. The Balaban J connectivity index is 5.36. The second-order valence-corrected chi connectivity index (χ2v) is 8.70. The van der Waals surface area contributed by atoms with Crippen molar-refractivity contribution < 1.29 is 34.2 Å². The van der Waals surface area contributed by atoms with Crippen LogP contribution in [0.5, 0.6) is 0 Å². The first kappa shape index (κ1) is 28.1. The van der Waals surface area contributed by atoms with Gasteiger partial charge in [0.2, 0.25) is 0 Å². The van der Waals surface area contributed by atoms with Crippen LogP contribution in [0.15, 0.2) is 12.2 Å².